The quantitative estimate of drug-likeness (QED) is 0.734. The van der Waals surface area contributed by atoms with Crippen molar-refractivity contribution in [3.8, 4) is 0 Å². The summed E-state index contributed by atoms with van der Waals surface area (Å²) in [7, 11) is 0. The lowest BCUT2D eigenvalue weighted by atomic mass is 10.0. The van der Waals surface area contributed by atoms with Gasteiger partial charge < -0.3 is 10.6 Å². The lowest BCUT2D eigenvalue weighted by Gasteiger charge is -2.29. The molecule has 3 amide bonds. The summed E-state index contributed by atoms with van der Waals surface area (Å²) in [5, 5.41) is 2.34. The Labute approximate surface area is 157 Å². The van der Waals surface area contributed by atoms with E-state index in [-0.39, 0.29) is 24.1 Å². The van der Waals surface area contributed by atoms with Crippen molar-refractivity contribution in [1.82, 2.24) is 15.1 Å². The predicted molar refractivity (Wildman–Crippen MR) is 97.3 cm³/mol. The van der Waals surface area contributed by atoms with Gasteiger partial charge in [0, 0.05) is 38.2 Å². The van der Waals surface area contributed by atoms with E-state index in [4.69, 9.17) is 5.73 Å². The molecule has 1 saturated carbocycles. The van der Waals surface area contributed by atoms with Crippen molar-refractivity contribution in [3.63, 3.8) is 0 Å². The molecular formula is C20H24N4O3. The number of nitrogens with two attached hydrogens (primary N) is 1. The molecular weight excluding hydrogens is 344 g/mol. The van der Waals surface area contributed by atoms with Gasteiger partial charge in [0.15, 0.2) is 0 Å². The maximum atomic E-state index is 12.7. The zero-order valence-electron chi connectivity index (χ0n) is 15.2. The molecule has 3 heterocycles. The predicted octanol–water partition coefficient (Wildman–Crippen LogP) is 0.0841. The summed E-state index contributed by atoms with van der Waals surface area (Å²) in [6, 6.07) is 5.46. The number of likely N-dealkylation sites (tertiary alicyclic amines) is 1. The molecule has 3 aliphatic heterocycles. The van der Waals surface area contributed by atoms with Crippen LogP contribution in [-0.2, 0) is 22.7 Å². The van der Waals surface area contributed by atoms with E-state index in [0.717, 1.165) is 49.5 Å². The highest BCUT2D eigenvalue weighted by atomic mass is 16.2. The summed E-state index contributed by atoms with van der Waals surface area (Å²) >= 11 is 0. The van der Waals surface area contributed by atoms with Crippen LogP contribution in [-0.4, -0.2) is 53.2 Å². The highest BCUT2D eigenvalue weighted by Gasteiger charge is 2.54. The molecule has 2 unspecified atom stereocenters. The number of rotatable bonds is 4. The Balaban J connectivity index is 1.27. The molecule has 0 spiro atoms. The molecule has 0 radical (unpaired) electrons. The van der Waals surface area contributed by atoms with Crippen LogP contribution in [0.1, 0.15) is 34.3 Å². The number of carbonyl (C=O) groups is 3. The summed E-state index contributed by atoms with van der Waals surface area (Å²) in [4.78, 5) is 40.3. The Kier molecular flexibility index (Phi) is 3.84. The van der Waals surface area contributed by atoms with Gasteiger partial charge >= 0.3 is 0 Å². The fourth-order valence-corrected chi connectivity index (χ4v) is 5.20. The van der Waals surface area contributed by atoms with Crippen LogP contribution in [0.15, 0.2) is 18.2 Å². The molecule has 3 fully saturated rings. The summed E-state index contributed by atoms with van der Waals surface area (Å²) in [6.07, 6.45) is 0.680. The summed E-state index contributed by atoms with van der Waals surface area (Å²) in [5.41, 5.74) is 8.65. The van der Waals surface area contributed by atoms with E-state index >= 15 is 0 Å². The van der Waals surface area contributed by atoms with Crippen LogP contribution in [0.2, 0.25) is 0 Å². The summed E-state index contributed by atoms with van der Waals surface area (Å²) in [5.74, 6) is 1.53. The summed E-state index contributed by atoms with van der Waals surface area (Å²) < 4.78 is 0. The van der Waals surface area contributed by atoms with Crippen molar-refractivity contribution >= 4 is 17.7 Å². The number of benzene rings is 1. The minimum Gasteiger partial charge on any atom is -0.330 e. The van der Waals surface area contributed by atoms with Gasteiger partial charge in [-0.1, -0.05) is 12.1 Å². The smallest absolute Gasteiger partial charge is 0.255 e. The van der Waals surface area contributed by atoms with Crippen LogP contribution >= 0.6 is 0 Å². The van der Waals surface area contributed by atoms with Crippen molar-refractivity contribution in [2.45, 2.75) is 32.0 Å². The van der Waals surface area contributed by atoms with Gasteiger partial charge in [-0.05, 0) is 47.9 Å². The Morgan fingerprint density at radius 3 is 2.63 bits per heavy atom. The van der Waals surface area contributed by atoms with Crippen molar-refractivity contribution in [3.05, 3.63) is 34.9 Å². The van der Waals surface area contributed by atoms with Gasteiger partial charge in [0.2, 0.25) is 11.8 Å². The van der Waals surface area contributed by atoms with Crippen molar-refractivity contribution in [1.29, 1.82) is 0 Å². The van der Waals surface area contributed by atoms with Crippen LogP contribution in [0.3, 0.4) is 0 Å². The first-order valence-corrected chi connectivity index (χ1v) is 9.74. The zero-order valence-corrected chi connectivity index (χ0v) is 15.2. The average molecular weight is 368 g/mol. The molecule has 3 N–H and O–H groups in total. The number of piperidine rings is 2. The van der Waals surface area contributed by atoms with Crippen molar-refractivity contribution < 1.29 is 14.4 Å². The molecule has 7 heteroatoms. The maximum Gasteiger partial charge on any atom is 0.255 e. The standard InChI is InChI=1S/C20H24N4O3/c21-6-14-15-9-23(10-16(14)15)7-11-1-2-13-12(5-11)8-24(20(13)27)17-3-4-18(25)22-19(17)26/h1-2,5,14-17H,3-4,6-10,21H2,(H,22,25,26)/t14?,15-,16+,17?. The minimum absolute atomic E-state index is 0.112. The van der Waals surface area contributed by atoms with Crippen molar-refractivity contribution in [2.75, 3.05) is 19.6 Å². The van der Waals surface area contributed by atoms with Gasteiger partial charge in [0.25, 0.3) is 5.91 Å². The normalized spacial score (nSPS) is 32.5. The van der Waals surface area contributed by atoms with Crippen LogP contribution in [0.4, 0.5) is 0 Å². The number of nitrogens with zero attached hydrogens (tertiary/aromatic N) is 2. The fraction of sp³-hybridized carbons (Fsp3) is 0.550. The third kappa shape index (κ3) is 2.76. The SMILES string of the molecule is NCC1[C@H]2CN(Cc3ccc4c(c3)CN(C3CCC(=O)NC3=O)C4=O)C[C@@H]12. The van der Waals surface area contributed by atoms with Crippen LogP contribution in [0.25, 0.3) is 0 Å². The summed E-state index contributed by atoms with van der Waals surface area (Å²) in [6.45, 7) is 4.37. The second-order valence-electron chi connectivity index (χ2n) is 8.31. The first-order valence-electron chi connectivity index (χ1n) is 9.74. The molecule has 142 valence electrons. The van der Waals surface area contributed by atoms with E-state index in [9.17, 15) is 14.4 Å². The van der Waals surface area contributed by atoms with Crippen LogP contribution in [0, 0.1) is 17.8 Å². The van der Waals surface area contributed by atoms with Gasteiger partial charge in [-0.3, -0.25) is 24.6 Å². The molecule has 2 saturated heterocycles. The Hall–Kier alpha value is -2.25. The van der Waals surface area contributed by atoms with E-state index < -0.39 is 6.04 Å². The fourth-order valence-electron chi connectivity index (χ4n) is 5.20. The van der Waals surface area contributed by atoms with Gasteiger partial charge in [-0.2, -0.15) is 0 Å². The Bertz CT molecular complexity index is 827. The lowest BCUT2D eigenvalue weighted by molar-refractivity contribution is -0.136. The molecule has 4 atom stereocenters. The number of hydrogen-bond donors (Lipinski definition) is 2. The maximum absolute atomic E-state index is 12.7. The molecule has 1 aromatic carbocycles. The molecule has 4 aliphatic rings. The molecule has 1 aromatic rings. The molecule has 0 bridgehead atoms. The zero-order chi connectivity index (χ0) is 18.7. The van der Waals surface area contributed by atoms with E-state index in [2.05, 4.69) is 16.3 Å². The molecule has 5 rings (SSSR count). The van der Waals surface area contributed by atoms with E-state index in [1.54, 1.807) is 4.90 Å². The number of nitrogens with one attached hydrogen (secondary N) is 1. The molecule has 1 aliphatic carbocycles. The van der Waals surface area contributed by atoms with Crippen LogP contribution in [0.5, 0.6) is 0 Å². The third-order valence-electron chi connectivity index (χ3n) is 6.71. The highest BCUT2D eigenvalue weighted by Crippen LogP contribution is 2.51. The third-order valence-corrected chi connectivity index (χ3v) is 6.71. The van der Waals surface area contributed by atoms with Crippen LogP contribution < -0.4 is 11.1 Å². The topological polar surface area (TPSA) is 95.7 Å². The second kappa shape index (κ2) is 6.14. The average Bonchev–Trinajstić information content (AvgIpc) is 2.95. The van der Waals surface area contributed by atoms with E-state index in [1.807, 2.05) is 12.1 Å². The number of hydrogen-bond acceptors (Lipinski definition) is 5. The Morgan fingerprint density at radius 2 is 1.93 bits per heavy atom. The lowest BCUT2D eigenvalue weighted by Crippen LogP contribution is -2.52. The number of amides is 3. The van der Waals surface area contributed by atoms with Gasteiger partial charge in [0.05, 0.1) is 0 Å². The highest BCUT2D eigenvalue weighted by molar-refractivity contribution is 6.05. The molecule has 27 heavy (non-hydrogen) atoms. The minimum atomic E-state index is -0.551. The molecule has 0 aromatic heterocycles. The number of imide groups is 1. The number of fused-ring (bicyclic) bond motifs is 2. The number of carbonyl (C=O) groups excluding carboxylic acids is 3. The van der Waals surface area contributed by atoms with E-state index in [1.165, 1.54) is 5.56 Å². The largest absolute Gasteiger partial charge is 0.330 e. The van der Waals surface area contributed by atoms with Crippen molar-refractivity contribution in [2.24, 2.45) is 23.5 Å². The molecule has 7 nitrogen and oxygen atoms in total. The first-order chi connectivity index (χ1) is 13.0. The van der Waals surface area contributed by atoms with E-state index in [0.29, 0.717) is 18.5 Å². The monoisotopic (exact) mass is 368 g/mol. The van der Waals surface area contributed by atoms with Gasteiger partial charge in [0.1, 0.15) is 6.04 Å². The first kappa shape index (κ1) is 16.9. The Morgan fingerprint density at radius 1 is 1.15 bits per heavy atom. The van der Waals surface area contributed by atoms with Gasteiger partial charge in [-0.25, -0.2) is 0 Å². The van der Waals surface area contributed by atoms with Gasteiger partial charge in [-0.15, -0.1) is 0 Å². The second-order valence-corrected chi connectivity index (χ2v) is 8.31.